The number of likely N-dealkylation sites (tertiary alicyclic amines) is 1. The Labute approximate surface area is 218 Å². The van der Waals surface area contributed by atoms with Crippen LogP contribution in [0.3, 0.4) is 0 Å². The molecule has 2 aromatic heterocycles. The van der Waals surface area contributed by atoms with Crippen LogP contribution in [-0.2, 0) is 4.79 Å². The number of carbonyl (C=O) groups excluding carboxylic acids is 1. The minimum absolute atomic E-state index is 0.0586. The number of halogens is 2. The summed E-state index contributed by atoms with van der Waals surface area (Å²) in [4.78, 5) is 24.5. The molecule has 5 rings (SSSR count). The summed E-state index contributed by atoms with van der Waals surface area (Å²) in [5, 5.41) is 2.43. The van der Waals surface area contributed by atoms with Crippen LogP contribution in [0.4, 0.5) is 0 Å². The zero-order chi connectivity index (χ0) is 25.4. The number of likely N-dealkylation sites (N-methyl/N-ethyl adjacent to an activating group) is 1. The zero-order valence-electron chi connectivity index (χ0n) is 20.0. The molecule has 2 aromatic carbocycles. The summed E-state index contributed by atoms with van der Waals surface area (Å²) in [6.45, 7) is 0.979. The van der Waals surface area contributed by atoms with Gasteiger partial charge in [0.2, 0.25) is 0 Å². The number of rotatable bonds is 4. The van der Waals surface area contributed by atoms with Gasteiger partial charge in [0.25, 0.3) is 0 Å². The number of aromatic nitrogens is 2. The first-order valence-electron chi connectivity index (χ1n) is 11.3. The molecule has 0 N–H and O–H groups in total. The third-order valence-electron chi connectivity index (χ3n) is 6.13. The average Bonchev–Trinajstić information content (AvgIpc) is 2.87. The summed E-state index contributed by atoms with van der Waals surface area (Å²) in [5.74, 6) is 1.39. The number of nitrogens with zero attached hydrogens (tertiary/aromatic N) is 3. The van der Waals surface area contributed by atoms with Crippen molar-refractivity contribution >= 4 is 62.9 Å². The van der Waals surface area contributed by atoms with Gasteiger partial charge in [-0.1, -0.05) is 23.2 Å². The van der Waals surface area contributed by atoms with Crippen molar-refractivity contribution in [1.29, 1.82) is 0 Å². The monoisotopic (exact) mass is 519 g/mol. The molecule has 36 heavy (non-hydrogen) atoms. The first kappa shape index (κ1) is 24.3. The molecule has 1 saturated heterocycles. The number of benzene rings is 2. The quantitative estimate of drug-likeness (QED) is 0.240. The number of Topliss-reactive ketones (excluding diaryl/α,β-unsaturated/α-hetero) is 1. The second kappa shape index (κ2) is 9.90. The molecule has 1 fully saturated rings. The molecule has 0 saturated carbocycles. The Balaban J connectivity index is 1.54. The van der Waals surface area contributed by atoms with E-state index in [0.717, 1.165) is 33.3 Å². The SMILES string of the molecule is COc1ccc2nc(Cl)c(/C=C3\CN(C)C/C(=C\c4cc5cc(OC)ccc5nc4Cl)C3=O)cc2c1. The molecule has 0 aliphatic carbocycles. The van der Waals surface area contributed by atoms with Crippen molar-refractivity contribution in [2.45, 2.75) is 0 Å². The Kier molecular flexibility index (Phi) is 6.67. The minimum atomic E-state index is -0.0586. The molecule has 3 heterocycles. The fourth-order valence-electron chi connectivity index (χ4n) is 4.34. The molecule has 0 amide bonds. The van der Waals surface area contributed by atoms with Gasteiger partial charge in [0, 0.05) is 46.1 Å². The molecule has 0 spiro atoms. The van der Waals surface area contributed by atoms with E-state index in [1.165, 1.54) is 0 Å². The van der Waals surface area contributed by atoms with Gasteiger partial charge in [-0.05, 0) is 67.7 Å². The molecule has 182 valence electrons. The molecular weight excluding hydrogens is 497 g/mol. The number of fused-ring (bicyclic) bond motifs is 2. The topological polar surface area (TPSA) is 64.6 Å². The van der Waals surface area contributed by atoms with Crippen molar-refractivity contribution in [3.8, 4) is 11.5 Å². The smallest absolute Gasteiger partial charge is 0.187 e. The Morgan fingerprint density at radius 3 is 1.64 bits per heavy atom. The van der Waals surface area contributed by atoms with Gasteiger partial charge in [-0.25, -0.2) is 9.97 Å². The number of hydrogen-bond donors (Lipinski definition) is 0. The van der Waals surface area contributed by atoms with Crippen LogP contribution in [0.1, 0.15) is 11.1 Å². The summed E-state index contributed by atoms with van der Waals surface area (Å²) < 4.78 is 10.7. The van der Waals surface area contributed by atoms with E-state index in [4.69, 9.17) is 32.7 Å². The van der Waals surface area contributed by atoms with Crippen LogP contribution in [0, 0.1) is 0 Å². The van der Waals surface area contributed by atoms with E-state index in [2.05, 4.69) is 14.9 Å². The van der Waals surface area contributed by atoms with E-state index in [-0.39, 0.29) is 5.78 Å². The van der Waals surface area contributed by atoms with Gasteiger partial charge >= 0.3 is 0 Å². The van der Waals surface area contributed by atoms with Crippen LogP contribution in [0.15, 0.2) is 59.7 Å². The first-order valence-corrected chi connectivity index (χ1v) is 12.0. The molecular formula is C28H23Cl2N3O3. The van der Waals surface area contributed by atoms with Gasteiger partial charge in [0.05, 0.1) is 25.3 Å². The van der Waals surface area contributed by atoms with Gasteiger partial charge < -0.3 is 9.47 Å². The average molecular weight is 520 g/mol. The third-order valence-corrected chi connectivity index (χ3v) is 6.73. The lowest BCUT2D eigenvalue weighted by molar-refractivity contribution is -0.113. The summed E-state index contributed by atoms with van der Waals surface area (Å²) in [5.41, 5.74) is 4.09. The normalized spacial score (nSPS) is 16.9. The van der Waals surface area contributed by atoms with Crippen LogP contribution >= 0.6 is 23.2 Å². The number of methoxy groups -OCH3 is 2. The van der Waals surface area contributed by atoms with Crippen molar-refractivity contribution in [3.05, 3.63) is 81.1 Å². The summed E-state index contributed by atoms with van der Waals surface area (Å²) in [6.07, 6.45) is 3.62. The van der Waals surface area contributed by atoms with Gasteiger partial charge in [0.15, 0.2) is 5.78 Å². The van der Waals surface area contributed by atoms with Crippen molar-refractivity contribution in [2.75, 3.05) is 34.4 Å². The summed E-state index contributed by atoms with van der Waals surface area (Å²) in [7, 11) is 5.20. The van der Waals surface area contributed by atoms with Crippen LogP contribution < -0.4 is 9.47 Å². The van der Waals surface area contributed by atoms with Crippen molar-refractivity contribution in [1.82, 2.24) is 14.9 Å². The lowest BCUT2D eigenvalue weighted by Gasteiger charge is -2.26. The Morgan fingerprint density at radius 2 is 1.22 bits per heavy atom. The molecule has 0 bridgehead atoms. The van der Waals surface area contributed by atoms with E-state index >= 15 is 0 Å². The van der Waals surface area contributed by atoms with Crippen molar-refractivity contribution in [2.24, 2.45) is 0 Å². The first-order chi connectivity index (χ1) is 17.3. The number of ether oxygens (including phenoxy) is 2. The van der Waals surface area contributed by atoms with Gasteiger partial charge in [-0.2, -0.15) is 0 Å². The number of hydrogen-bond acceptors (Lipinski definition) is 6. The van der Waals surface area contributed by atoms with E-state index in [9.17, 15) is 4.79 Å². The molecule has 0 atom stereocenters. The molecule has 0 radical (unpaired) electrons. The third kappa shape index (κ3) is 4.80. The standard InChI is InChI=1S/C28H23Cl2N3O3/c1-33-14-20(10-18-8-16-12-22(35-2)4-6-24(16)31-27(18)29)26(34)21(15-33)11-19-9-17-13-23(36-3)5-7-25(17)32-28(19)30/h4-13H,14-15H2,1-3H3/b20-10+,21-11+. The second-order valence-corrected chi connectivity index (χ2v) is 9.41. The maximum Gasteiger partial charge on any atom is 0.187 e. The van der Waals surface area contributed by atoms with Crippen LogP contribution in [0.5, 0.6) is 11.5 Å². The predicted molar refractivity (Wildman–Crippen MR) is 145 cm³/mol. The molecule has 1 aliphatic rings. The number of piperidine rings is 1. The molecule has 8 heteroatoms. The maximum absolute atomic E-state index is 13.5. The molecule has 6 nitrogen and oxygen atoms in total. The lowest BCUT2D eigenvalue weighted by atomic mass is 9.94. The van der Waals surface area contributed by atoms with Gasteiger partial charge in [0.1, 0.15) is 21.8 Å². The fourth-order valence-corrected chi connectivity index (χ4v) is 4.74. The maximum atomic E-state index is 13.5. The van der Waals surface area contributed by atoms with E-state index in [1.807, 2.05) is 67.7 Å². The van der Waals surface area contributed by atoms with Gasteiger partial charge in [-0.15, -0.1) is 0 Å². The van der Waals surface area contributed by atoms with E-state index in [1.54, 1.807) is 14.2 Å². The number of carbonyl (C=O) groups is 1. The Morgan fingerprint density at radius 1 is 0.778 bits per heavy atom. The second-order valence-electron chi connectivity index (χ2n) is 8.69. The fraction of sp³-hybridized carbons (Fsp3) is 0.179. The van der Waals surface area contributed by atoms with Crippen LogP contribution in [-0.4, -0.2) is 55.0 Å². The zero-order valence-corrected chi connectivity index (χ0v) is 21.5. The highest BCUT2D eigenvalue weighted by molar-refractivity contribution is 6.32. The van der Waals surface area contributed by atoms with E-state index in [0.29, 0.717) is 45.7 Å². The van der Waals surface area contributed by atoms with Crippen LogP contribution in [0.2, 0.25) is 10.3 Å². The Bertz CT molecular complexity index is 1460. The molecule has 4 aromatic rings. The molecule has 1 aliphatic heterocycles. The number of ketones is 1. The summed E-state index contributed by atoms with van der Waals surface area (Å²) >= 11 is 13.0. The largest absolute Gasteiger partial charge is 0.497 e. The number of pyridine rings is 2. The highest BCUT2D eigenvalue weighted by Gasteiger charge is 2.25. The van der Waals surface area contributed by atoms with Crippen molar-refractivity contribution < 1.29 is 14.3 Å². The Hall–Kier alpha value is -3.45. The minimum Gasteiger partial charge on any atom is -0.497 e. The highest BCUT2D eigenvalue weighted by Crippen LogP contribution is 2.30. The lowest BCUT2D eigenvalue weighted by Crippen LogP contribution is -2.34. The highest BCUT2D eigenvalue weighted by atomic mass is 35.5. The van der Waals surface area contributed by atoms with Gasteiger partial charge in [-0.3, -0.25) is 9.69 Å². The van der Waals surface area contributed by atoms with Crippen LogP contribution in [0.25, 0.3) is 34.0 Å². The molecule has 0 unspecified atom stereocenters. The van der Waals surface area contributed by atoms with E-state index < -0.39 is 0 Å². The van der Waals surface area contributed by atoms with Crippen molar-refractivity contribution in [3.63, 3.8) is 0 Å². The predicted octanol–water partition coefficient (Wildman–Crippen LogP) is 6.09. The summed E-state index contributed by atoms with van der Waals surface area (Å²) in [6, 6.07) is 15.0.